The summed E-state index contributed by atoms with van der Waals surface area (Å²) < 4.78 is 13.1. The van der Waals surface area contributed by atoms with Gasteiger partial charge in [-0.05, 0) is 18.6 Å². The minimum atomic E-state index is -0.483. The highest BCUT2D eigenvalue weighted by Gasteiger charge is 2.06. The Labute approximate surface area is 74.9 Å². The third kappa shape index (κ3) is 1.94. The van der Waals surface area contributed by atoms with E-state index in [9.17, 15) is 4.39 Å². The average molecular weight is 190 g/mol. The number of hydrogen-bond acceptors (Lipinski definition) is 2. The second-order valence-corrected chi connectivity index (χ2v) is 2.96. The molecule has 0 radical (unpaired) electrons. The average Bonchev–Trinajstić information content (AvgIpc) is 2.00. The molecule has 0 fully saturated rings. The van der Waals surface area contributed by atoms with Crippen LogP contribution in [0.25, 0.3) is 0 Å². The zero-order valence-corrected chi connectivity index (χ0v) is 7.32. The molecule has 0 heterocycles. The van der Waals surface area contributed by atoms with Crippen LogP contribution in [0.15, 0.2) is 12.1 Å². The summed E-state index contributed by atoms with van der Waals surface area (Å²) in [6.45, 7) is 1.87. The van der Waals surface area contributed by atoms with E-state index in [-0.39, 0.29) is 11.6 Å². The second-order valence-electron chi connectivity index (χ2n) is 2.55. The Hall–Kier alpha value is -0.640. The van der Waals surface area contributed by atoms with Crippen molar-refractivity contribution in [3.63, 3.8) is 0 Å². The molecule has 0 saturated carbocycles. The molecule has 1 aromatic rings. The maximum absolute atomic E-state index is 13.1. The molecule has 0 aliphatic carbocycles. The Morgan fingerprint density at radius 3 is 2.83 bits per heavy atom. The fourth-order valence-electron chi connectivity index (χ4n) is 1.01. The third-order valence-corrected chi connectivity index (χ3v) is 1.79. The summed E-state index contributed by atoms with van der Waals surface area (Å²) in [5, 5.41) is 8.45. The molecule has 0 bridgehead atoms. The molecule has 1 aromatic carbocycles. The van der Waals surface area contributed by atoms with Crippen molar-refractivity contribution in [2.75, 3.05) is 0 Å². The van der Waals surface area contributed by atoms with Gasteiger partial charge in [0.05, 0.1) is 5.02 Å². The molecule has 0 atom stereocenters. The summed E-state index contributed by atoms with van der Waals surface area (Å²) in [6.07, 6.45) is 0. The Balaban J connectivity index is 3.09. The van der Waals surface area contributed by atoms with E-state index in [0.29, 0.717) is 5.56 Å². The van der Waals surface area contributed by atoms with Crippen molar-refractivity contribution in [3.05, 3.63) is 34.1 Å². The topological polar surface area (TPSA) is 32.3 Å². The lowest BCUT2D eigenvalue weighted by molar-refractivity contribution is 0.160. The highest BCUT2D eigenvalue weighted by molar-refractivity contribution is 6.30. The van der Waals surface area contributed by atoms with Crippen molar-refractivity contribution in [1.29, 1.82) is 0 Å². The predicted octanol–water partition coefficient (Wildman–Crippen LogP) is 2.27. The lowest BCUT2D eigenvalue weighted by atomic mass is 10.1. The fourth-order valence-corrected chi connectivity index (χ4v) is 1.30. The van der Waals surface area contributed by atoms with Crippen molar-refractivity contribution in [2.45, 2.75) is 13.5 Å². The Bertz CT molecular complexity index is 291. The molecule has 66 valence electrons. The summed E-state index contributed by atoms with van der Waals surface area (Å²) in [5.74, 6) is -0.483. The van der Waals surface area contributed by atoms with E-state index >= 15 is 0 Å². The van der Waals surface area contributed by atoms with Gasteiger partial charge >= 0.3 is 0 Å². The Morgan fingerprint density at radius 2 is 2.25 bits per heavy atom. The van der Waals surface area contributed by atoms with Gasteiger partial charge in [-0.3, -0.25) is 0 Å². The standard InChI is InChI=1S/C8H9ClFNO/c1-5-2-6(4-11-12)8(10)7(9)3-5/h2-3,11-12H,4H2,1H3. The molecule has 4 heteroatoms. The first-order chi connectivity index (χ1) is 5.65. The zero-order chi connectivity index (χ0) is 9.14. The van der Waals surface area contributed by atoms with E-state index in [0.717, 1.165) is 5.56 Å². The van der Waals surface area contributed by atoms with Gasteiger partial charge in [-0.1, -0.05) is 17.7 Å². The lowest BCUT2D eigenvalue weighted by Crippen LogP contribution is -2.08. The SMILES string of the molecule is Cc1cc(Cl)c(F)c(CNO)c1. The van der Waals surface area contributed by atoms with Crippen molar-refractivity contribution < 1.29 is 9.60 Å². The van der Waals surface area contributed by atoms with Gasteiger partial charge in [0.25, 0.3) is 0 Å². The van der Waals surface area contributed by atoms with Gasteiger partial charge in [0.1, 0.15) is 5.82 Å². The fraction of sp³-hybridized carbons (Fsp3) is 0.250. The molecule has 2 nitrogen and oxygen atoms in total. The van der Waals surface area contributed by atoms with Crippen LogP contribution in [-0.4, -0.2) is 5.21 Å². The van der Waals surface area contributed by atoms with Crippen LogP contribution >= 0.6 is 11.6 Å². The highest BCUT2D eigenvalue weighted by Crippen LogP contribution is 2.20. The van der Waals surface area contributed by atoms with Gasteiger partial charge in [-0.2, -0.15) is 0 Å². The Morgan fingerprint density at radius 1 is 1.58 bits per heavy atom. The van der Waals surface area contributed by atoms with Gasteiger partial charge in [-0.15, -0.1) is 0 Å². The number of halogens is 2. The number of aryl methyl sites for hydroxylation is 1. The largest absolute Gasteiger partial charge is 0.316 e. The van der Waals surface area contributed by atoms with Crippen LogP contribution in [0.1, 0.15) is 11.1 Å². The minimum absolute atomic E-state index is 0.0627. The summed E-state index contributed by atoms with van der Waals surface area (Å²) in [7, 11) is 0. The van der Waals surface area contributed by atoms with Crippen LogP contribution in [0, 0.1) is 12.7 Å². The van der Waals surface area contributed by atoms with Gasteiger partial charge < -0.3 is 5.21 Å². The number of hydroxylamine groups is 1. The summed E-state index contributed by atoms with van der Waals surface area (Å²) in [5.41, 5.74) is 3.11. The number of rotatable bonds is 2. The summed E-state index contributed by atoms with van der Waals surface area (Å²) in [4.78, 5) is 0. The van der Waals surface area contributed by atoms with E-state index in [1.165, 1.54) is 6.07 Å². The van der Waals surface area contributed by atoms with Crippen LogP contribution in [0.2, 0.25) is 5.02 Å². The normalized spacial score (nSPS) is 10.3. The molecular formula is C8H9ClFNO. The molecule has 0 unspecified atom stereocenters. The van der Waals surface area contributed by atoms with Crippen LogP contribution in [0.5, 0.6) is 0 Å². The van der Waals surface area contributed by atoms with Gasteiger partial charge in [0.2, 0.25) is 0 Å². The molecule has 0 aliphatic heterocycles. The van der Waals surface area contributed by atoms with Gasteiger partial charge in [0, 0.05) is 12.1 Å². The second kappa shape index (κ2) is 3.85. The molecule has 0 saturated heterocycles. The van der Waals surface area contributed by atoms with E-state index < -0.39 is 5.82 Å². The molecular weight excluding hydrogens is 181 g/mol. The Kier molecular flexibility index (Phi) is 3.03. The maximum Gasteiger partial charge on any atom is 0.146 e. The molecule has 0 amide bonds. The molecule has 12 heavy (non-hydrogen) atoms. The van der Waals surface area contributed by atoms with Crippen molar-refractivity contribution >= 4 is 11.6 Å². The first-order valence-electron chi connectivity index (χ1n) is 3.46. The van der Waals surface area contributed by atoms with Crippen LogP contribution in [0.3, 0.4) is 0 Å². The monoisotopic (exact) mass is 189 g/mol. The quantitative estimate of drug-likeness (QED) is 0.700. The number of nitrogens with one attached hydrogen (secondary N) is 1. The van der Waals surface area contributed by atoms with Crippen LogP contribution in [0.4, 0.5) is 4.39 Å². The predicted molar refractivity (Wildman–Crippen MR) is 44.8 cm³/mol. The van der Waals surface area contributed by atoms with Crippen molar-refractivity contribution in [1.82, 2.24) is 5.48 Å². The smallest absolute Gasteiger partial charge is 0.146 e. The molecule has 0 spiro atoms. The summed E-state index contributed by atoms with van der Waals surface area (Å²) >= 11 is 5.57. The third-order valence-electron chi connectivity index (χ3n) is 1.52. The van der Waals surface area contributed by atoms with E-state index in [1.807, 2.05) is 12.4 Å². The number of hydrogen-bond donors (Lipinski definition) is 2. The molecule has 2 N–H and O–H groups in total. The molecule has 0 aromatic heterocycles. The van der Waals surface area contributed by atoms with Gasteiger partial charge in [0.15, 0.2) is 0 Å². The maximum atomic E-state index is 13.1. The van der Waals surface area contributed by atoms with Crippen molar-refractivity contribution in [2.24, 2.45) is 0 Å². The van der Waals surface area contributed by atoms with Crippen LogP contribution < -0.4 is 5.48 Å². The summed E-state index contributed by atoms with van der Waals surface area (Å²) in [6, 6.07) is 3.17. The van der Waals surface area contributed by atoms with Crippen LogP contribution in [-0.2, 0) is 6.54 Å². The number of benzene rings is 1. The molecule has 0 aliphatic rings. The van der Waals surface area contributed by atoms with E-state index in [2.05, 4.69) is 0 Å². The first kappa shape index (κ1) is 9.45. The zero-order valence-electron chi connectivity index (χ0n) is 6.56. The highest BCUT2D eigenvalue weighted by atomic mass is 35.5. The first-order valence-corrected chi connectivity index (χ1v) is 3.84. The van der Waals surface area contributed by atoms with Crippen molar-refractivity contribution in [3.8, 4) is 0 Å². The van der Waals surface area contributed by atoms with Gasteiger partial charge in [-0.25, -0.2) is 9.87 Å². The lowest BCUT2D eigenvalue weighted by Gasteiger charge is -2.04. The van der Waals surface area contributed by atoms with E-state index in [1.54, 1.807) is 6.07 Å². The van der Waals surface area contributed by atoms with E-state index in [4.69, 9.17) is 16.8 Å². The minimum Gasteiger partial charge on any atom is -0.316 e. The molecule has 1 rings (SSSR count).